The molecule has 0 aromatic carbocycles. The van der Waals surface area contributed by atoms with Gasteiger partial charge in [0, 0.05) is 25.2 Å². The van der Waals surface area contributed by atoms with Crippen molar-refractivity contribution >= 4 is 11.6 Å². The first-order valence-corrected chi connectivity index (χ1v) is 7.69. The van der Waals surface area contributed by atoms with Crippen LogP contribution in [0.4, 0.5) is 20.4 Å². The fourth-order valence-electron chi connectivity index (χ4n) is 2.61. The SMILES string of the molecule is CCNc1nc(NCC(C)N2CCCCC2)c(F)cc1F. The zero-order valence-corrected chi connectivity index (χ0v) is 12.8. The number of nitrogens with one attached hydrogen (secondary N) is 2. The van der Waals surface area contributed by atoms with Crippen LogP contribution in [0.1, 0.15) is 33.1 Å². The number of hydrogen-bond acceptors (Lipinski definition) is 4. The predicted octanol–water partition coefficient (Wildman–Crippen LogP) is 3.08. The molecule has 1 aliphatic heterocycles. The first kappa shape index (κ1) is 15.9. The third kappa shape index (κ3) is 4.27. The van der Waals surface area contributed by atoms with E-state index in [1.54, 1.807) is 0 Å². The Kier molecular flexibility index (Phi) is 5.73. The Morgan fingerprint density at radius 2 is 1.76 bits per heavy atom. The summed E-state index contributed by atoms with van der Waals surface area (Å²) >= 11 is 0. The van der Waals surface area contributed by atoms with Gasteiger partial charge in [0.15, 0.2) is 23.3 Å². The first-order valence-electron chi connectivity index (χ1n) is 7.69. The number of rotatable bonds is 6. The van der Waals surface area contributed by atoms with Gasteiger partial charge in [-0.15, -0.1) is 0 Å². The quantitative estimate of drug-likeness (QED) is 0.847. The van der Waals surface area contributed by atoms with Crippen molar-refractivity contribution in [3.05, 3.63) is 17.7 Å². The molecule has 0 spiro atoms. The Morgan fingerprint density at radius 1 is 1.14 bits per heavy atom. The van der Waals surface area contributed by atoms with Crippen LogP contribution in [-0.2, 0) is 0 Å². The highest BCUT2D eigenvalue weighted by molar-refractivity contribution is 5.47. The molecule has 1 atom stereocenters. The van der Waals surface area contributed by atoms with Crippen LogP contribution in [0.5, 0.6) is 0 Å². The van der Waals surface area contributed by atoms with E-state index in [-0.39, 0.29) is 11.6 Å². The van der Waals surface area contributed by atoms with E-state index in [9.17, 15) is 8.78 Å². The minimum atomic E-state index is -0.663. The van der Waals surface area contributed by atoms with Crippen molar-refractivity contribution in [2.75, 3.05) is 36.8 Å². The Bertz CT molecular complexity index is 461. The number of halogens is 2. The lowest BCUT2D eigenvalue weighted by atomic mass is 10.1. The van der Waals surface area contributed by atoms with E-state index in [4.69, 9.17) is 0 Å². The highest BCUT2D eigenvalue weighted by Crippen LogP contribution is 2.19. The van der Waals surface area contributed by atoms with E-state index >= 15 is 0 Å². The molecular weight excluding hydrogens is 274 g/mol. The Hall–Kier alpha value is -1.43. The maximum atomic E-state index is 13.8. The number of anilines is 2. The monoisotopic (exact) mass is 298 g/mol. The molecule has 21 heavy (non-hydrogen) atoms. The van der Waals surface area contributed by atoms with E-state index in [1.807, 2.05) is 6.92 Å². The van der Waals surface area contributed by atoms with Gasteiger partial charge >= 0.3 is 0 Å². The van der Waals surface area contributed by atoms with E-state index in [0.717, 1.165) is 19.2 Å². The zero-order valence-electron chi connectivity index (χ0n) is 12.8. The highest BCUT2D eigenvalue weighted by Gasteiger charge is 2.18. The number of piperidine rings is 1. The van der Waals surface area contributed by atoms with Gasteiger partial charge in [-0.2, -0.15) is 0 Å². The average Bonchev–Trinajstić information content (AvgIpc) is 2.49. The number of pyridine rings is 1. The summed E-state index contributed by atoms with van der Waals surface area (Å²) in [4.78, 5) is 6.38. The molecule has 0 radical (unpaired) electrons. The molecule has 1 aromatic rings. The van der Waals surface area contributed by atoms with Gasteiger partial charge in [-0.3, -0.25) is 4.90 Å². The topological polar surface area (TPSA) is 40.2 Å². The van der Waals surface area contributed by atoms with Crippen LogP contribution in [0, 0.1) is 11.6 Å². The lowest BCUT2D eigenvalue weighted by Gasteiger charge is -2.32. The normalized spacial score (nSPS) is 17.5. The maximum absolute atomic E-state index is 13.8. The molecule has 118 valence electrons. The summed E-state index contributed by atoms with van der Waals surface area (Å²) in [7, 11) is 0. The molecule has 2 heterocycles. The van der Waals surface area contributed by atoms with Gasteiger partial charge in [-0.1, -0.05) is 6.42 Å². The zero-order chi connectivity index (χ0) is 15.2. The average molecular weight is 298 g/mol. The Labute approximate surface area is 124 Å². The minimum Gasteiger partial charge on any atom is -0.368 e. The van der Waals surface area contributed by atoms with Crippen molar-refractivity contribution in [3.63, 3.8) is 0 Å². The van der Waals surface area contributed by atoms with E-state index in [2.05, 4.69) is 27.4 Å². The number of nitrogens with zero attached hydrogens (tertiary/aromatic N) is 2. The predicted molar refractivity (Wildman–Crippen MR) is 81.7 cm³/mol. The van der Waals surface area contributed by atoms with Crippen molar-refractivity contribution < 1.29 is 8.78 Å². The van der Waals surface area contributed by atoms with Crippen molar-refractivity contribution in [2.45, 2.75) is 39.2 Å². The molecular formula is C15H24F2N4. The van der Waals surface area contributed by atoms with Gasteiger partial charge < -0.3 is 10.6 Å². The fourth-order valence-corrected chi connectivity index (χ4v) is 2.61. The van der Waals surface area contributed by atoms with Gasteiger partial charge in [0.2, 0.25) is 0 Å². The van der Waals surface area contributed by atoms with Crippen LogP contribution < -0.4 is 10.6 Å². The Balaban J connectivity index is 1.96. The van der Waals surface area contributed by atoms with Gasteiger partial charge in [0.25, 0.3) is 0 Å². The van der Waals surface area contributed by atoms with Crippen LogP contribution >= 0.6 is 0 Å². The molecule has 0 aliphatic carbocycles. The van der Waals surface area contributed by atoms with Gasteiger partial charge in [0.1, 0.15) is 0 Å². The molecule has 2 rings (SSSR count). The molecule has 1 aliphatic rings. The van der Waals surface area contributed by atoms with Crippen LogP contribution in [0.25, 0.3) is 0 Å². The van der Waals surface area contributed by atoms with Crippen LogP contribution in [0.2, 0.25) is 0 Å². The molecule has 0 amide bonds. The lowest BCUT2D eigenvalue weighted by Crippen LogP contribution is -2.41. The summed E-state index contributed by atoms with van der Waals surface area (Å²) < 4.78 is 27.3. The van der Waals surface area contributed by atoms with Crippen LogP contribution in [-0.4, -0.2) is 42.1 Å². The number of likely N-dealkylation sites (tertiary alicyclic amines) is 1. The highest BCUT2D eigenvalue weighted by atomic mass is 19.1. The van der Waals surface area contributed by atoms with Gasteiger partial charge in [-0.25, -0.2) is 13.8 Å². The molecule has 1 saturated heterocycles. The number of aromatic nitrogens is 1. The molecule has 0 bridgehead atoms. The first-order chi connectivity index (χ1) is 10.1. The second-order valence-corrected chi connectivity index (χ2v) is 5.51. The summed E-state index contributed by atoms with van der Waals surface area (Å²) in [6, 6.07) is 1.18. The largest absolute Gasteiger partial charge is 0.368 e. The minimum absolute atomic E-state index is 0.0898. The molecule has 1 fully saturated rings. The summed E-state index contributed by atoms with van der Waals surface area (Å²) in [5, 5.41) is 5.79. The molecule has 4 nitrogen and oxygen atoms in total. The molecule has 2 N–H and O–H groups in total. The standard InChI is InChI=1S/C15H24F2N4/c1-3-18-14-12(16)9-13(17)15(20-14)19-10-11(2)21-7-5-4-6-8-21/h9,11H,3-8,10H2,1-2H3,(H2,18,19,20). The molecule has 6 heteroatoms. The van der Waals surface area contributed by atoms with Crippen molar-refractivity contribution in [3.8, 4) is 0 Å². The van der Waals surface area contributed by atoms with Gasteiger partial charge in [-0.05, 0) is 39.8 Å². The van der Waals surface area contributed by atoms with Gasteiger partial charge in [0.05, 0.1) is 0 Å². The Morgan fingerprint density at radius 3 is 2.38 bits per heavy atom. The number of hydrogen-bond donors (Lipinski definition) is 2. The van der Waals surface area contributed by atoms with E-state index in [1.165, 1.54) is 19.3 Å². The van der Waals surface area contributed by atoms with E-state index < -0.39 is 11.6 Å². The third-order valence-electron chi connectivity index (χ3n) is 3.85. The summed E-state index contributed by atoms with van der Waals surface area (Å²) in [6.07, 6.45) is 3.73. The van der Waals surface area contributed by atoms with Crippen molar-refractivity contribution in [2.24, 2.45) is 0 Å². The smallest absolute Gasteiger partial charge is 0.168 e. The van der Waals surface area contributed by atoms with Crippen LogP contribution in [0.3, 0.4) is 0 Å². The third-order valence-corrected chi connectivity index (χ3v) is 3.85. The summed E-state index contributed by atoms with van der Waals surface area (Å²) in [6.45, 7) is 7.27. The maximum Gasteiger partial charge on any atom is 0.168 e. The fraction of sp³-hybridized carbons (Fsp3) is 0.667. The van der Waals surface area contributed by atoms with Crippen molar-refractivity contribution in [1.82, 2.24) is 9.88 Å². The molecule has 1 unspecified atom stereocenters. The molecule has 1 aromatic heterocycles. The van der Waals surface area contributed by atoms with Crippen molar-refractivity contribution in [1.29, 1.82) is 0 Å². The second-order valence-electron chi connectivity index (χ2n) is 5.51. The summed E-state index contributed by atoms with van der Waals surface area (Å²) in [5.74, 6) is -1.12. The van der Waals surface area contributed by atoms with E-state index in [0.29, 0.717) is 19.1 Å². The summed E-state index contributed by atoms with van der Waals surface area (Å²) in [5.41, 5.74) is 0. The lowest BCUT2D eigenvalue weighted by molar-refractivity contribution is 0.180. The second kappa shape index (κ2) is 7.54. The molecule has 0 saturated carbocycles. The van der Waals surface area contributed by atoms with Crippen LogP contribution in [0.15, 0.2) is 6.07 Å².